The van der Waals surface area contributed by atoms with Gasteiger partial charge < -0.3 is 0 Å². The fraction of sp³-hybridized carbons (Fsp3) is 0.240. The summed E-state index contributed by atoms with van der Waals surface area (Å²) < 4.78 is 1.78. The standard InChI is InChI=1S/C25H23N3OS/c1-4-6-22-27-24-23(21(15-30-24)20-10-9-16(2)17(3)11-20)25(29)28(22)14-19-8-5-7-18(12-19)13-26/h5,7-12,15H,4,6,14H2,1-3H3. The molecular weight excluding hydrogens is 390 g/mol. The van der Waals surface area contributed by atoms with E-state index in [0.29, 0.717) is 17.5 Å². The van der Waals surface area contributed by atoms with Gasteiger partial charge in [0.15, 0.2) is 0 Å². The number of fused-ring (bicyclic) bond motifs is 1. The zero-order valence-electron chi connectivity index (χ0n) is 17.4. The zero-order valence-corrected chi connectivity index (χ0v) is 18.2. The third-order valence-corrected chi connectivity index (χ3v) is 6.33. The number of hydrogen-bond acceptors (Lipinski definition) is 4. The van der Waals surface area contributed by atoms with Crippen LogP contribution in [0, 0.1) is 25.2 Å². The molecule has 0 radical (unpaired) electrons. The summed E-state index contributed by atoms with van der Waals surface area (Å²) in [5.41, 5.74) is 5.94. The van der Waals surface area contributed by atoms with E-state index < -0.39 is 0 Å². The molecule has 0 aliphatic heterocycles. The average molecular weight is 414 g/mol. The third kappa shape index (κ3) is 3.67. The fourth-order valence-electron chi connectivity index (χ4n) is 3.69. The highest BCUT2D eigenvalue weighted by molar-refractivity contribution is 7.17. The summed E-state index contributed by atoms with van der Waals surface area (Å²) in [4.78, 5) is 19.3. The molecule has 4 rings (SSSR count). The van der Waals surface area contributed by atoms with Crippen LogP contribution in [0.15, 0.2) is 52.6 Å². The molecule has 0 aliphatic rings. The molecule has 2 aromatic heterocycles. The summed E-state index contributed by atoms with van der Waals surface area (Å²) in [5.74, 6) is 0.797. The predicted molar refractivity (Wildman–Crippen MR) is 123 cm³/mol. The van der Waals surface area contributed by atoms with Gasteiger partial charge in [-0.1, -0.05) is 37.3 Å². The number of hydrogen-bond donors (Lipinski definition) is 0. The van der Waals surface area contributed by atoms with Crippen LogP contribution in [-0.2, 0) is 13.0 Å². The van der Waals surface area contributed by atoms with E-state index in [1.165, 1.54) is 22.5 Å². The molecule has 4 aromatic rings. The van der Waals surface area contributed by atoms with E-state index >= 15 is 0 Å². The molecule has 150 valence electrons. The molecule has 0 amide bonds. The van der Waals surface area contributed by atoms with E-state index in [2.05, 4.69) is 45.0 Å². The van der Waals surface area contributed by atoms with E-state index in [0.717, 1.165) is 40.2 Å². The van der Waals surface area contributed by atoms with E-state index in [9.17, 15) is 10.1 Å². The van der Waals surface area contributed by atoms with Crippen molar-refractivity contribution >= 4 is 21.6 Å². The molecule has 0 unspecified atom stereocenters. The Bertz CT molecular complexity index is 1340. The normalized spacial score (nSPS) is 11.0. The van der Waals surface area contributed by atoms with Crippen molar-refractivity contribution in [2.75, 3.05) is 0 Å². The predicted octanol–water partition coefficient (Wildman–Crippen LogP) is 5.61. The molecule has 0 saturated heterocycles. The molecule has 2 aromatic carbocycles. The van der Waals surface area contributed by atoms with Crippen LogP contribution in [0.3, 0.4) is 0 Å². The first kappa shape index (κ1) is 20.1. The van der Waals surface area contributed by atoms with Crippen molar-refractivity contribution in [2.45, 2.75) is 40.2 Å². The monoisotopic (exact) mass is 413 g/mol. The van der Waals surface area contributed by atoms with Gasteiger partial charge in [0.1, 0.15) is 10.7 Å². The number of rotatable bonds is 5. The lowest BCUT2D eigenvalue weighted by Crippen LogP contribution is -2.25. The van der Waals surface area contributed by atoms with Crippen molar-refractivity contribution in [3.05, 3.63) is 86.3 Å². The highest BCUT2D eigenvalue weighted by Gasteiger charge is 2.17. The van der Waals surface area contributed by atoms with Gasteiger partial charge in [0, 0.05) is 17.4 Å². The largest absolute Gasteiger partial charge is 0.292 e. The van der Waals surface area contributed by atoms with E-state index in [1.807, 2.05) is 23.6 Å². The second-order valence-corrected chi connectivity index (χ2v) is 8.47. The minimum Gasteiger partial charge on any atom is -0.292 e. The summed E-state index contributed by atoms with van der Waals surface area (Å²) in [6.07, 6.45) is 1.64. The summed E-state index contributed by atoms with van der Waals surface area (Å²) >= 11 is 1.53. The van der Waals surface area contributed by atoms with Crippen molar-refractivity contribution in [1.82, 2.24) is 9.55 Å². The molecule has 2 heterocycles. The van der Waals surface area contributed by atoms with Crippen molar-refractivity contribution in [2.24, 2.45) is 0 Å². The summed E-state index contributed by atoms with van der Waals surface area (Å²) in [7, 11) is 0. The molecular formula is C25H23N3OS. The minimum atomic E-state index is -0.0136. The Morgan fingerprint density at radius 2 is 1.97 bits per heavy atom. The molecule has 0 bridgehead atoms. The van der Waals surface area contributed by atoms with Gasteiger partial charge in [0.2, 0.25) is 0 Å². The van der Waals surface area contributed by atoms with Gasteiger partial charge in [-0.25, -0.2) is 4.98 Å². The van der Waals surface area contributed by atoms with Gasteiger partial charge in [-0.3, -0.25) is 9.36 Å². The molecule has 4 nitrogen and oxygen atoms in total. The third-order valence-electron chi connectivity index (χ3n) is 5.46. The molecule has 0 saturated carbocycles. The molecule has 0 spiro atoms. The van der Waals surface area contributed by atoms with Crippen molar-refractivity contribution in [3.63, 3.8) is 0 Å². The quantitative estimate of drug-likeness (QED) is 0.427. The summed E-state index contributed by atoms with van der Waals surface area (Å²) in [6.45, 7) is 6.68. The van der Waals surface area contributed by atoms with E-state index in [4.69, 9.17) is 4.98 Å². The Morgan fingerprint density at radius 1 is 1.13 bits per heavy atom. The highest BCUT2D eigenvalue weighted by Crippen LogP contribution is 2.32. The van der Waals surface area contributed by atoms with Crippen LogP contribution >= 0.6 is 11.3 Å². The fourth-order valence-corrected chi connectivity index (χ4v) is 4.64. The first-order chi connectivity index (χ1) is 14.5. The maximum atomic E-state index is 13.7. The van der Waals surface area contributed by atoms with Crippen LogP contribution in [0.25, 0.3) is 21.3 Å². The Kier molecular flexibility index (Phi) is 5.52. The molecule has 0 aliphatic carbocycles. The Morgan fingerprint density at radius 3 is 2.70 bits per heavy atom. The maximum Gasteiger partial charge on any atom is 0.263 e. The molecule has 0 N–H and O–H groups in total. The second kappa shape index (κ2) is 8.25. The van der Waals surface area contributed by atoms with Crippen LogP contribution in [0.1, 0.15) is 41.4 Å². The first-order valence-electron chi connectivity index (χ1n) is 10.1. The number of nitrogens with zero attached hydrogens (tertiary/aromatic N) is 3. The Labute approximate surface area is 180 Å². The van der Waals surface area contributed by atoms with Crippen LogP contribution < -0.4 is 5.56 Å². The SMILES string of the molecule is CCCc1nc2scc(-c3ccc(C)c(C)c3)c2c(=O)n1Cc1cccc(C#N)c1. The first-order valence-corrected chi connectivity index (χ1v) is 11.0. The van der Waals surface area contributed by atoms with Crippen LogP contribution in [0.5, 0.6) is 0 Å². The average Bonchev–Trinajstić information content (AvgIpc) is 3.17. The van der Waals surface area contributed by atoms with E-state index in [-0.39, 0.29) is 5.56 Å². The summed E-state index contributed by atoms with van der Waals surface area (Å²) in [5, 5.41) is 11.9. The van der Waals surface area contributed by atoms with Crippen molar-refractivity contribution in [3.8, 4) is 17.2 Å². The van der Waals surface area contributed by atoms with Gasteiger partial charge in [-0.05, 0) is 54.7 Å². The Hall–Kier alpha value is -3.23. The number of aromatic nitrogens is 2. The number of aryl methyl sites for hydroxylation is 3. The van der Waals surface area contributed by atoms with Crippen LogP contribution in [0.4, 0.5) is 0 Å². The van der Waals surface area contributed by atoms with Crippen molar-refractivity contribution < 1.29 is 0 Å². The van der Waals surface area contributed by atoms with Gasteiger partial charge >= 0.3 is 0 Å². The molecule has 30 heavy (non-hydrogen) atoms. The van der Waals surface area contributed by atoms with Gasteiger partial charge in [0.25, 0.3) is 5.56 Å². The zero-order chi connectivity index (χ0) is 21.3. The van der Waals surface area contributed by atoms with Gasteiger partial charge in [-0.15, -0.1) is 11.3 Å². The summed E-state index contributed by atoms with van der Waals surface area (Å²) in [6, 6.07) is 15.9. The topological polar surface area (TPSA) is 58.7 Å². The maximum absolute atomic E-state index is 13.7. The lowest BCUT2D eigenvalue weighted by molar-refractivity contribution is 0.666. The molecule has 5 heteroatoms. The van der Waals surface area contributed by atoms with Crippen molar-refractivity contribution in [1.29, 1.82) is 5.26 Å². The molecule has 0 fully saturated rings. The number of benzene rings is 2. The molecule has 0 atom stereocenters. The number of nitriles is 1. The van der Waals surface area contributed by atoms with Gasteiger partial charge in [0.05, 0.1) is 23.6 Å². The minimum absolute atomic E-state index is 0.0136. The van der Waals surface area contributed by atoms with Crippen LogP contribution in [-0.4, -0.2) is 9.55 Å². The second-order valence-electron chi connectivity index (χ2n) is 7.61. The van der Waals surface area contributed by atoms with Gasteiger partial charge in [-0.2, -0.15) is 5.26 Å². The number of thiophene rings is 1. The lowest BCUT2D eigenvalue weighted by atomic mass is 10.0. The van der Waals surface area contributed by atoms with E-state index in [1.54, 1.807) is 10.6 Å². The van der Waals surface area contributed by atoms with Crippen LogP contribution in [0.2, 0.25) is 0 Å². The Balaban J connectivity index is 1.91. The lowest BCUT2D eigenvalue weighted by Gasteiger charge is -2.13. The highest BCUT2D eigenvalue weighted by atomic mass is 32.1. The smallest absolute Gasteiger partial charge is 0.263 e.